The Morgan fingerprint density at radius 1 is 1.17 bits per heavy atom. The Balaban J connectivity index is 1.67. The van der Waals surface area contributed by atoms with Gasteiger partial charge in [0.15, 0.2) is 0 Å². The summed E-state index contributed by atoms with van der Waals surface area (Å²) in [6.07, 6.45) is 2.14. The third-order valence-electron chi connectivity index (χ3n) is 6.93. The van der Waals surface area contributed by atoms with Crippen molar-refractivity contribution in [2.75, 3.05) is 10.7 Å². The molecule has 2 unspecified atom stereocenters. The van der Waals surface area contributed by atoms with Crippen LogP contribution in [0, 0.1) is 24.7 Å². The van der Waals surface area contributed by atoms with Crippen molar-refractivity contribution >= 4 is 53.5 Å². The quantitative estimate of drug-likeness (QED) is 0.411. The molecule has 1 aliphatic carbocycles. The molecule has 2 amide bonds. The van der Waals surface area contributed by atoms with E-state index < -0.39 is 8.32 Å². The summed E-state index contributed by atoms with van der Waals surface area (Å²) in [5.41, 5.74) is 1.68. The summed E-state index contributed by atoms with van der Waals surface area (Å²) in [6.45, 7) is 13.1. The van der Waals surface area contributed by atoms with Gasteiger partial charge in [0.2, 0.25) is 20.1 Å². The van der Waals surface area contributed by atoms with Gasteiger partial charge in [-0.3, -0.25) is 9.59 Å². The second kappa shape index (κ2) is 6.99. The summed E-state index contributed by atoms with van der Waals surface area (Å²) in [5.74, 6) is 1.08. The maximum atomic E-state index is 13.5. The first kappa shape index (κ1) is 21.2. The maximum Gasteiger partial charge on any atom is 0.250 e. The molecule has 0 aromatic heterocycles. The highest BCUT2D eigenvalue weighted by Gasteiger charge is 2.60. The zero-order valence-corrected chi connectivity index (χ0v) is 21.2. The molecule has 2 bridgehead atoms. The van der Waals surface area contributed by atoms with E-state index in [0.717, 1.165) is 21.5 Å². The van der Waals surface area contributed by atoms with Gasteiger partial charge in [0.05, 0.1) is 23.3 Å². The van der Waals surface area contributed by atoms with Crippen molar-refractivity contribution in [1.29, 1.82) is 0 Å². The lowest BCUT2D eigenvalue weighted by atomic mass is 9.76. The van der Waals surface area contributed by atoms with E-state index in [-0.39, 0.29) is 39.9 Å². The Kier molecular flexibility index (Phi) is 5.11. The van der Waals surface area contributed by atoms with Crippen LogP contribution in [0.25, 0.3) is 0 Å². The summed E-state index contributed by atoms with van der Waals surface area (Å²) in [7, 11) is -2.00. The standard InChI is InChI=1S/C22H28BrNO3SSi/c1-12-9-13(7-8-15(12)23)24-20(25)18-14-11-28-17(19(18)21(24)26)10-16(14)27-29(5,6)22(2,3)4/h7-10,14,17-19H,11H2,1-6H3/t14-,17+,18?,19?/m1/s1. The molecule has 4 aliphatic rings. The molecule has 1 aromatic carbocycles. The maximum absolute atomic E-state index is 13.5. The summed E-state index contributed by atoms with van der Waals surface area (Å²) >= 11 is 5.28. The number of benzene rings is 1. The van der Waals surface area contributed by atoms with E-state index in [9.17, 15) is 9.59 Å². The van der Waals surface area contributed by atoms with Gasteiger partial charge in [0, 0.05) is 21.4 Å². The molecule has 0 radical (unpaired) electrons. The van der Waals surface area contributed by atoms with E-state index in [1.807, 2.05) is 25.1 Å². The van der Waals surface area contributed by atoms with Crippen molar-refractivity contribution in [2.45, 2.75) is 51.1 Å². The van der Waals surface area contributed by atoms with Gasteiger partial charge < -0.3 is 4.43 Å². The van der Waals surface area contributed by atoms with Crippen LogP contribution in [-0.4, -0.2) is 31.1 Å². The van der Waals surface area contributed by atoms with Crippen LogP contribution in [0.3, 0.4) is 0 Å². The van der Waals surface area contributed by atoms with Gasteiger partial charge >= 0.3 is 0 Å². The molecule has 156 valence electrons. The normalized spacial score (nSPS) is 29.2. The van der Waals surface area contributed by atoms with E-state index in [0.29, 0.717) is 5.69 Å². The minimum Gasteiger partial charge on any atom is -0.546 e. The smallest absolute Gasteiger partial charge is 0.250 e. The third kappa shape index (κ3) is 3.33. The van der Waals surface area contributed by atoms with Gasteiger partial charge in [-0.1, -0.05) is 36.7 Å². The second-order valence-corrected chi connectivity index (χ2v) is 16.6. The molecular formula is C22H28BrNO3SSi. The highest BCUT2D eigenvalue weighted by atomic mass is 79.9. The SMILES string of the molecule is Cc1cc(N2C(=O)C3C(C2=O)[C@@H]2CS[C@H]3C=C2O[Si](C)(C)C(C)(C)C)ccc1Br. The lowest BCUT2D eigenvalue weighted by Crippen LogP contribution is -2.48. The fraction of sp³-hybridized carbons (Fsp3) is 0.545. The molecule has 2 saturated heterocycles. The molecule has 29 heavy (non-hydrogen) atoms. The summed E-state index contributed by atoms with van der Waals surface area (Å²) in [6, 6.07) is 5.66. The average Bonchev–Trinajstić information content (AvgIpc) is 2.90. The lowest BCUT2D eigenvalue weighted by Gasteiger charge is -2.45. The first-order valence-electron chi connectivity index (χ1n) is 10.1. The predicted octanol–water partition coefficient (Wildman–Crippen LogP) is 5.51. The Morgan fingerprint density at radius 3 is 2.45 bits per heavy atom. The molecule has 4 nitrogen and oxygen atoms in total. The first-order chi connectivity index (χ1) is 13.4. The van der Waals surface area contributed by atoms with E-state index >= 15 is 0 Å². The monoisotopic (exact) mass is 493 g/mol. The van der Waals surface area contributed by atoms with Gasteiger partial charge in [-0.25, -0.2) is 4.90 Å². The molecule has 0 saturated carbocycles. The number of carbonyl (C=O) groups excluding carboxylic acids is 2. The summed E-state index contributed by atoms with van der Waals surface area (Å²) < 4.78 is 7.62. The van der Waals surface area contributed by atoms with Crippen LogP contribution in [-0.2, 0) is 14.0 Å². The van der Waals surface area contributed by atoms with Crippen LogP contribution < -0.4 is 4.90 Å². The van der Waals surface area contributed by atoms with Crippen LogP contribution in [0.2, 0.25) is 18.1 Å². The molecule has 4 atom stereocenters. The van der Waals surface area contributed by atoms with Crippen molar-refractivity contribution in [3.63, 3.8) is 0 Å². The van der Waals surface area contributed by atoms with Crippen LogP contribution in [0.4, 0.5) is 5.69 Å². The zero-order valence-electron chi connectivity index (χ0n) is 17.8. The van der Waals surface area contributed by atoms with Crippen molar-refractivity contribution < 1.29 is 14.0 Å². The highest BCUT2D eigenvalue weighted by molar-refractivity contribution is 9.10. The number of aryl methyl sites for hydroxylation is 1. The zero-order chi connectivity index (χ0) is 21.3. The minimum atomic E-state index is -2.00. The van der Waals surface area contributed by atoms with E-state index in [2.05, 4.69) is 55.9 Å². The molecule has 2 fully saturated rings. The molecule has 3 heterocycles. The number of rotatable bonds is 3. The summed E-state index contributed by atoms with van der Waals surface area (Å²) in [5, 5.41) is 0.107. The predicted molar refractivity (Wildman–Crippen MR) is 124 cm³/mol. The van der Waals surface area contributed by atoms with Gasteiger partial charge in [-0.05, 0) is 54.9 Å². The molecule has 5 rings (SSSR count). The number of nitrogens with zero attached hydrogens (tertiary/aromatic N) is 1. The number of imide groups is 1. The Bertz CT molecular complexity index is 923. The number of hydrogen-bond acceptors (Lipinski definition) is 4. The van der Waals surface area contributed by atoms with Gasteiger partial charge in [-0.2, -0.15) is 11.8 Å². The second-order valence-electron chi connectivity index (χ2n) is 9.83. The van der Waals surface area contributed by atoms with Crippen molar-refractivity contribution in [3.8, 4) is 0 Å². The molecule has 7 heteroatoms. The lowest BCUT2D eigenvalue weighted by molar-refractivity contribution is -0.122. The minimum absolute atomic E-state index is 0.0119. The Hall–Kier alpha value is -1.05. The molecule has 3 aliphatic heterocycles. The molecular weight excluding hydrogens is 466 g/mol. The number of thioether (sulfide) groups is 1. The van der Waals surface area contributed by atoms with Crippen LogP contribution in [0.1, 0.15) is 26.3 Å². The Labute approximate surface area is 186 Å². The van der Waals surface area contributed by atoms with Crippen LogP contribution in [0.15, 0.2) is 34.5 Å². The number of anilines is 1. The van der Waals surface area contributed by atoms with Gasteiger partial charge in [0.1, 0.15) is 0 Å². The topological polar surface area (TPSA) is 46.6 Å². The largest absolute Gasteiger partial charge is 0.546 e. The van der Waals surface area contributed by atoms with Crippen LogP contribution in [0.5, 0.6) is 0 Å². The number of allylic oxidation sites excluding steroid dienone is 1. The van der Waals surface area contributed by atoms with Crippen molar-refractivity contribution in [3.05, 3.63) is 40.1 Å². The number of fused-ring (bicyclic) bond motifs is 1. The Morgan fingerprint density at radius 2 is 1.83 bits per heavy atom. The molecule has 0 N–H and O–H groups in total. The average molecular weight is 495 g/mol. The highest BCUT2D eigenvalue weighted by Crippen LogP contribution is 2.54. The number of carbonyl (C=O) groups is 2. The van der Waals surface area contributed by atoms with E-state index in [4.69, 9.17) is 4.43 Å². The van der Waals surface area contributed by atoms with Crippen molar-refractivity contribution in [2.24, 2.45) is 17.8 Å². The third-order valence-corrected chi connectivity index (χ3v) is 13.5. The van der Waals surface area contributed by atoms with Crippen molar-refractivity contribution in [1.82, 2.24) is 0 Å². The number of halogens is 1. The summed E-state index contributed by atoms with van der Waals surface area (Å²) in [4.78, 5) is 28.2. The van der Waals surface area contributed by atoms with Crippen LogP contribution >= 0.6 is 27.7 Å². The molecule has 0 spiro atoms. The number of hydrogen-bond donors (Lipinski definition) is 0. The van der Waals surface area contributed by atoms with E-state index in [1.54, 1.807) is 11.8 Å². The van der Waals surface area contributed by atoms with Gasteiger partial charge in [0.25, 0.3) is 0 Å². The number of amides is 2. The van der Waals surface area contributed by atoms with Gasteiger partial charge in [-0.15, -0.1) is 0 Å². The first-order valence-corrected chi connectivity index (χ1v) is 14.8. The van der Waals surface area contributed by atoms with E-state index in [1.165, 1.54) is 4.90 Å². The fourth-order valence-corrected chi connectivity index (χ4v) is 7.07. The fourth-order valence-electron chi connectivity index (χ4n) is 4.18. The molecule has 1 aromatic rings.